The summed E-state index contributed by atoms with van der Waals surface area (Å²) < 4.78 is 0. The molecule has 108 valence electrons. The van der Waals surface area contributed by atoms with E-state index in [9.17, 15) is 4.79 Å². The van der Waals surface area contributed by atoms with E-state index in [0.717, 1.165) is 30.6 Å². The molecule has 3 rings (SSSR count). The second kappa shape index (κ2) is 5.38. The lowest BCUT2D eigenvalue weighted by molar-refractivity contribution is 0.0783. The molecular weight excluding hydrogens is 272 g/mol. The van der Waals surface area contributed by atoms with Crippen LogP contribution in [0.1, 0.15) is 35.2 Å². The quantitative estimate of drug-likeness (QED) is 0.865. The minimum absolute atomic E-state index is 0.103. The molecule has 2 fully saturated rings. The number of likely N-dealkylation sites (tertiary alicyclic amines) is 1. The van der Waals surface area contributed by atoms with E-state index >= 15 is 0 Å². The molecule has 1 aliphatic heterocycles. The number of nitrogens with two attached hydrogens (primary N) is 1. The summed E-state index contributed by atoms with van der Waals surface area (Å²) in [7, 11) is 0. The van der Waals surface area contributed by atoms with Gasteiger partial charge in [-0.2, -0.15) is 0 Å². The molecule has 1 saturated carbocycles. The van der Waals surface area contributed by atoms with Crippen LogP contribution < -0.4 is 5.73 Å². The Kier molecular flexibility index (Phi) is 3.74. The summed E-state index contributed by atoms with van der Waals surface area (Å²) >= 11 is 6.12. The van der Waals surface area contributed by atoms with Gasteiger partial charge in [0, 0.05) is 29.7 Å². The lowest BCUT2D eigenvalue weighted by atomic mass is 9.78. The highest BCUT2D eigenvalue weighted by atomic mass is 35.5. The molecule has 1 aliphatic carbocycles. The van der Waals surface area contributed by atoms with Gasteiger partial charge in [-0.1, -0.05) is 24.1 Å². The van der Waals surface area contributed by atoms with Gasteiger partial charge in [-0.05, 0) is 49.3 Å². The molecule has 1 heterocycles. The lowest BCUT2D eigenvalue weighted by Gasteiger charge is -2.29. The number of benzene rings is 1. The second-order valence-corrected chi connectivity index (χ2v) is 6.55. The van der Waals surface area contributed by atoms with Crippen LogP contribution in [-0.2, 0) is 0 Å². The van der Waals surface area contributed by atoms with Crippen molar-refractivity contribution in [2.75, 3.05) is 13.1 Å². The van der Waals surface area contributed by atoms with E-state index < -0.39 is 0 Å². The minimum atomic E-state index is 0.103. The molecule has 0 spiro atoms. The van der Waals surface area contributed by atoms with Crippen LogP contribution in [0.4, 0.5) is 0 Å². The summed E-state index contributed by atoms with van der Waals surface area (Å²) in [4.78, 5) is 14.7. The number of halogens is 1. The number of fused-ring (bicyclic) bond motifs is 1. The van der Waals surface area contributed by atoms with E-state index in [-0.39, 0.29) is 11.9 Å². The average molecular weight is 293 g/mol. The maximum absolute atomic E-state index is 12.7. The molecule has 0 bridgehead atoms. The van der Waals surface area contributed by atoms with Crippen LogP contribution in [0.2, 0.25) is 5.02 Å². The van der Waals surface area contributed by atoms with Crippen molar-refractivity contribution in [1.29, 1.82) is 0 Å². The molecule has 4 heteroatoms. The predicted molar refractivity (Wildman–Crippen MR) is 80.9 cm³/mol. The van der Waals surface area contributed by atoms with Crippen LogP contribution in [0, 0.1) is 18.8 Å². The Balaban J connectivity index is 1.80. The van der Waals surface area contributed by atoms with Crippen molar-refractivity contribution in [3.63, 3.8) is 0 Å². The zero-order valence-corrected chi connectivity index (χ0v) is 12.6. The number of amides is 1. The second-order valence-electron chi connectivity index (χ2n) is 6.14. The monoisotopic (exact) mass is 292 g/mol. The molecule has 3 atom stereocenters. The fraction of sp³-hybridized carbons (Fsp3) is 0.562. The molecule has 0 radical (unpaired) electrons. The highest BCUT2D eigenvalue weighted by Crippen LogP contribution is 2.36. The van der Waals surface area contributed by atoms with E-state index in [4.69, 9.17) is 17.3 Å². The Hall–Kier alpha value is -1.06. The van der Waals surface area contributed by atoms with E-state index in [2.05, 4.69) is 0 Å². The highest BCUT2D eigenvalue weighted by molar-refractivity contribution is 6.31. The standard InChI is InChI=1S/C16H21ClN2O/c1-10-12(5-3-6-14(10)17)16(20)19-8-11-4-2-7-15(18)13(11)9-19/h3,5-6,11,13,15H,2,4,7-9,18H2,1H3. The van der Waals surface area contributed by atoms with Crippen LogP contribution in [0.5, 0.6) is 0 Å². The number of hydrogen-bond acceptors (Lipinski definition) is 2. The molecule has 1 aromatic rings. The van der Waals surface area contributed by atoms with Gasteiger partial charge < -0.3 is 10.6 Å². The number of rotatable bonds is 1. The van der Waals surface area contributed by atoms with Gasteiger partial charge in [-0.15, -0.1) is 0 Å². The van der Waals surface area contributed by atoms with Crippen LogP contribution in [0.3, 0.4) is 0 Å². The molecule has 20 heavy (non-hydrogen) atoms. The van der Waals surface area contributed by atoms with Gasteiger partial charge >= 0.3 is 0 Å². The number of hydrogen-bond donors (Lipinski definition) is 1. The SMILES string of the molecule is Cc1c(Cl)cccc1C(=O)N1CC2CCCC(N)C2C1. The van der Waals surface area contributed by atoms with Gasteiger partial charge in [0.05, 0.1) is 0 Å². The first-order chi connectivity index (χ1) is 9.58. The molecular formula is C16H21ClN2O. The third kappa shape index (κ3) is 2.33. The first kappa shape index (κ1) is 13.9. The molecule has 2 N–H and O–H groups in total. The van der Waals surface area contributed by atoms with Crippen molar-refractivity contribution in [3.8, 4) is 0 Å². The summed E-state index contributed by atoms with van der Waals surface area (Å²) in [6.07, 6.45) is 3.50. The first-order valence-corrected chi connectivity index (χ1v) is 7.75. The number of nitrogens with zero attached hydrogens (tertiary/aromatic N) is 1. The van der Waals surface area contributed by atoms with Crippen molar-refractivity contribution in [2.24, 2.45) is 17.6 Å². The van der Waals surface area contributed by atoms with Gasteiger partial charge in [-0.3, -0.25) is 4.79 Å². The summed E-state index contributed by atoms with van der Waals surface area (Å²) in [5.41, 5.74) is 7.82. The van der Waals surface area contributed by atoms with Crippen molar-refractivity contribution in [1.82, 2.24) is 4.90 Å². The maximum Gasteiger partial charge on any atom is 0.254 e. The van der Waals surface area contributed by atoms with Crippen LogP contribution in [0.25, 0.3) is 0 Å². The predicted octanol–water partition coefficient (Wildman–Crippen LogP) is 2.85. The Bertz CT molecular complexity index is 531. The Labute approximate surface area is 125 Å². The fourth-order valence-corrected chi connectivity index (χ4v) is 3.87. The van der Waals surface area contributed by atoms with Crippen LogP contribution in [0.15, 0.2) is 18.2 Å². The molecule has 1 amide bonds. The normalized spacial score (nSPS) is 29.4. The van der Waals surface area contributed by atoms with Gasteiger partial charge in [0.25, 0.3) is 5.91 Å². The lowest BCUT2D eigenvalue weighted by Crippen LogP contribution is -2.38. The molecule has 1 saturated heterocycles. The highest BCUT2D eigenvalue weighted by Gasteiger charge is 2.40. The molecule has 3 unspecified atom stereocenters. The van der Waals surface area contributed by atoms with Gasteiger partial charge in [0.1, 0.15) is 0 Å². The summed E-state index contributed by atoms with van der Waals surface area (Å²) in [5.74, 6) is 1.17. The third-order valence-corrected chi connectivity index (χ3v) is 5.35. The van der Waals surface area contributed by atoms with E-state index in [0.29, 0.717) is 16.9 Å². The minimum Gasteiger partial charge on any atom is -0.338 e. The third-order valence-electron chi connectivity index (χ3n) is 4.94. The smallest absolute Gasteiger partial charge is 0.254 e. The molecule has 2 aliphatic rings. The van der Waals surface area contributed by atoms with E-state index in [1.807, 2.05) is 30.0 Å². The first-order valence-electron chi connectivity index (χ1n) is 7.38. The Morgan fingerprint density at radius 3 is 2.90 bits per heavy atom. The van der Waals surface area contributed by atoms with Gasteiger partial charge in [-0.25, -0.2) is 0 Å². The zero-order chi connectivity index (χ0) is 14.3. The van der Waals surface area contributed by atoms with Gasteiger partial charge in [0.2, 0.25) is 0 Å². The molecule has 0 aromatic heterocycles. The van der Waals surface area contributed by atoms with E-state index in [1.165, 1.54) is 12.8 Å². The van der Waals surface area contributed by atoms with Crippen LogP contribution in [-0.4, -0.2) is 29.9 Å². The fourth-order valence-electron chi connectivity index (χ4n) is 3.69. The Morgan fingerprint density at radius 1 is 1.35 bits per heavy atom. The van der Waals surface area contributed by atoms with Crippen molar-refractivity contribution in [2.45, 2.75) is 32.2 Å². The maximum atomic E-state index is 12.7. The number of carbonyl (C=O) groups is 1. The van der Waals surface area contributed by atoms with Crippen molar-refractivity contribution < 1.29 is 4.79 Å². The molecule has 3 nitrogen and oxygen atoms in total. The average Bonchev–Trinajstić information content (AvgIpc) is 2.87. The van der Waals surface area contributed by atoms with Crippen molar-refractivity contribution >= 4 is 17.5 Å². The summed E-state index contributed by atoms with van der Waals surface area (Å²) in [6.45, 7) is 3.56. The topological polar surface area (TPSA) is 46.3 Å². The molecule has 1 aromatic carbocycles. The largest absolute Gasteiger partial charge is 0.338 e. The van der Waals surface area contributed by atoms with Gasteiger partial charge in [0.15, 0.2) is 0 Å². The van der Waals surface area contributed by atoms with Crippen LogP contribution >= 0.6 is 11.6 Å². The summed E-state index contributed by atoms with van der Waals surface area (Å²) in [6, 6.07) is 5.79. The van der Waals surface area contributed by atoms with Crippen molar-refractivity contribution in [3.05, 3.63) is 34.3 Å². The zero-order valence-electron chi connectivity index (χ0n) is 11.8. The summed E-state index contributed by atoms with van der Waals surface area (Å²) in [5, 5.41) is 0.657. The Morgan fingerprint density at radius 2 is 2.15 bits per heavy atom. The number of carbonyl (C=O) groups excluding carboxylic acids is 1. The van der Waals surface area contributed by atoms with E-state index in [1.54, 1.807) is 0 Å².